The largest absolute Gasteiger partial charge is 0.378 e. The second-order valence-electron chi connectivity index (χ2n) is 5.64. The van der Waals surface area contributed by atoms with E-state index in [-0.39, 0.29) is 5.91 Å². The Hall–Kier alpha value is -2.18. The Kier molecular flexibility index (Phi) is 3.63. The van der Waals surface area contributed by atoms with E-state index >= 15 is 0 Å². The summed E-state index contributed by atoms with van der Waals surface area (Å²) in [4.78, 5) is 15.3. The van der Waals surface area contributed by atoms with Crippen molar-refractivity contribution < 1.29 is 9.53 Å². The van der Waals surface area contributed by atoms with Gasteiger partial charge in [-0.3, -0.25) is 9.48 Å². The summed E-state index contributed by atoms with van der Waals surface area (Å²) in [5.41, 5.74) is 2.19. The number of benzene rings is 1. The fraction of sp³-hybridized carbons (Fsp3) is 0.294. The molecule has 3 aromatic rings. The predicted octanol–water partition coefficient (Wildman–Crippen LogP) is 2.77. The highest BCUT2D eigenvalue weighted by atomic mass is 32.1. The first kappa shape index (κ1) is 14.4. The number of ether oxygens (including phenoxy) is 1. The molecule has 1 fully saturated rings. The molecule has 0 aliphatic carbocycles. The number of aryl methyl sites for hydroxylation is 1. The van der Waals surface area contributed by atoms with Gasteiger partial charge in [-0.25, -0.2) is 0 Å². The van der Waals surface area contributed by atoms with E-state index in [1.807, 2.05) is 36.5 Å². The summed E-state index contributed by atoms with van der Waals surface area (Å²) in [7, 11) is 1.91. The standard InChI is InChI=1S/C17H17N3O2S/c1-19-11-12(10-18-19)13-3-2-4-15-14(13)9-16(23-15)17(21)20-5-7-22-8-6-20/h2-4,9-11H,5-8H2,1H3. The lowest BCUT2D eigenvalue weighted by Crippen LogP contribution is -2.40. The van der Waals surface area contributed by atoms with Gasteiger partial charge in [0.1, 0.15) is 0 Å². The van der Waals surface area contributed by atoms with Crippen LogP contribution in [-0.4, -0.2) is 46.9 Å². The molecule has 6 heteroatoms. The lowest BCUT2D eigenvalue weighted by atomic mass is 10.1. The van der Waals surface area contributed by atoms with Gasteiger partial charge in [0.25, 0.3) is 5.91 Å². The van der Waals surface area contributed by atoms with Crippen molar-refractivity contribution >= 4 is 27.3 Å². The highest BCUT2D eigenvalue weighted by Crippen LogP contribution is 2.34. The first-order chi connectivity index (χ1) is 11.2. The Morgan fingerprint density at radius 3 is 2.87 bits per heavy atom. The molecular formula is C17H17N3O2S. The van der Waals surface area contributed by atoms with Crippen molar-refractivity contribution in [1.29, 1.82) is 0 Å². The number of hydrogen-bond acceptors (Lipinski definition) is 4. The molecule has 23 heavy (non-hydrogen) atoms. The summed E-state index contributed by atoms with van der Waals surface area (Å²) in [6.45, 7) is 2.58. The van der Waals surface area contributed by atoms with E-state index in [1.165, 1.54) is 0 Å². The Morgan fingerprint density at radius 1 is 1.30 bits per heavy atom. The van der Waals surface area contributed by atoms with Crippen LogP contribution in [0.15, 0.2) is 36.7 Å². The van der Waals surface area contributed by atoms with E-state index < -0.39 is 0 Å². The number of carbonyl (C=O) groups is 1. The second-order valence-corrected chi connectivity index (χ2v) is 6.72. The Bertz CT molecular complexity index is 862. The molecule has 2 aromatic heterocycles. The molecule has 0 atom stereocenters. The molecule has 118 valence electrons. The van der Waals surface area contributed by atoms with Crippen molar-refractivity contribution in [1.82, 2.24) is 14.7 Å². The van der Waals surface area contributed by atoms with Crippen molar-refractivity contribution in [3.63, 3.8) is 0 Å². The smallest absolute Gasteiger partial charge is 0.264 e. The summed E-state index contributed by atoms with van der Waals surface area (Å²) < 4.78 is 8.24. The zero-order valence-electron chi connectivity index (χ0n) is 12.9. The third kappa shape index (κ3) is 2.64. The maximum absolute atomic E-state index is 12.7. The number of fused-ring (bicyclic) bond motifs is 1. The van der Waals surface area contributed by atoms with Crippen LogP contribution in [-0.2, 0) is 11.8 Å². The van der Waals surface area contributed by atoms with Crippen molar-refractivity contribution in [2.75, 3.05) is 26.3 Å². The van der Waals surface area contributed by atoms with Gasteiger partial charge < -0.3 is 9.64 Å². The summed E-state index contributed by atoms with van der Waals surface area (Å²) in [6, 6.07) is 8.19. The zero-order chi connectivity index (χ0) is 15.8. The lowest BCUT2D eigenvalue weighted by Gasteiger charge is -2.26. The van der Waals surface area contributed by atoms with Crippen molar-refractivity contribution in [3.8, 4) is 11.1 Å². The van der Waals surface area contributed by atoms with Crippen LogP contribution in [0.1, 0.15) is 9.67 Å². The molecule has 1 aromatic carbocycles. The number of hydrogen-bond donors (Lipinski definition) is 0. The molecular weight excluding hydrogens is 310 g/mol. The lowest BCUT2D eigenvalue weighted by molar-refractivity contribution is 0.0306. The van der Waals surface area contributed by atoms with Crippen LogP contribution in [0.2, 0.25) is 0 Å². The third-order valence-corrected chi connectivity index (χ3v) is 5.17. The Morgan fingerprint density at radius 2 is 2.13 bits per heavy atom. The molecule has 5 nitrogen and oxygen atoms in total. The van der Waals surface area contributed by atoms with Gasteiger partial charge in [-0.05, 0) is 17.7 Å². The van der Waals surface area contributed by atoms with Crippen molar-refractivity contribution in [2.24, 2.45) is 7.05 Å². The van der Waals surface area contributed by atoms with E-state index in [1.54, 1.807) is 16.0 Å². The van der Waals surface area contributed by atoms with E-state index in [0.717, 1.165) is 26.1 Å². The molecule has 0 bridgehead atoms. The van der Waals surface area contributed by atoms with Gasteiger partial charge in [0, 0.05) is 42.0 Å². The molecule has 0 N–H and O–H groups in total. The highest BCUT2D eigenvalue weighted by molar-refractivity contribution is 7.20. The normalized spacial score (nSPS) is 15.3. The molecule has 0 spiro atoms. The molecule has 1 saturated heterocycles. The topological polar surface area (TPSA) is 47.4 Å². The van der Waals surface area contributed by atoms with E-state index in [4.69, 9.17) is 4.74 Å². The van der Waals surface area contributed by atoms with Gasteiger partial charge in [-0.15, -0.1) is 11.3 Å². The Balaban J connectivity index is 1.74. The third-order valence-electron chi connectivity index (χ3n) is 4.09. The SMILES string of the molecule is Cn1cc(-c2cccc3sc(C(=O)N4CCOCC4)cc23)cn1. The number of aromatic nitrogens is 2. The Labute approximate surface area is 138 Å². The predicted molar refractivity (Wildman–Crippen MR) is 90.7 cm³/mol. The minimum absolute atomic E-state index is 0.103. The number of morpholine rings is 1. The van der Waals surface area contributed by atoms with Crippen molar-refractivity contribution in [2.45, 2.75) is 0 Å². The van der Waals surface area contributed by atoms with Gasteiger partial charge in [0.05, 0.1) is 24.3 Å². The van der Waals surface area contributed by atoms with Crippen LogP contribution in [0.4, 0.5) is 0 Å². The van der Waals surface area contributed by atoms with E-state index in [0.29, 0.717) is 26.3 Å². The number of amides is 1. The maximum Gasteiger partial charge on any atom is 0.264 e. The van der Waals surface area contributed by atoms with Crippen LogP contribution >= 0.6 is 11.3 Å². The summed E-state index contributed by atoms with van der Waals surface area (Å²) in [6.07, 6.45) is 3.85. The number of nitrogens with zero attached hydrogens (tertiary/aromatic N) is 3. The molecule has 1 aliphatic rings. The number of carbonyl (C=O) groups excluding carboxylic acids is 1. The van der Waals surface area contributed by atoms with Crippen LogP contribution in [0.25, 0.3) is 21.2 Å². The molecule has 3 heterocycles. The fourth-order valence-electron chi connectivity index (χ4n) is 2.90. The van der Waals surface area contributed by atoms with Crippen molar-refractivity contribution in [3.05, 3.63) is 41.5 Å². The summed E-state index contributed by atoms with van der Waals surface area (Å²) >= 11 is 1.56. The molecule has 4 rings (SSSR count). The minimum atomic E-state index is 0.103. The summed E-state index contributed by atoms with van der Waals surface area (Å²) in [5.74, 6) is 0.103. The number of thiophene rings is 1. The minimum Gasteiger partial charge on any atom is -0.378 e. The van der Waals surface area contributed by atoms with Crippen LogP contribution in [0, 0.1) is 0 Å². The van der Waals surface area contributed by atoms with E-state index in [2.05, 4.69) is 17.2 Å². The first-order valence-corrected chi connectivity index (χ1v) is 8.42. The van der Waals surface area contributed by atoms with E-state index in [9.17, 15) is 4.79 Å². The quantitative estimate of drug-likeness (QED) is 0.727. The number of rotatable bonds is 2. The average molecular weight is 327 g/mol. The average Bonchev–Trinajstić information content (AvgIpc) is 3.20. The van der Waals surface area contributed by atoms with Gasteiger partial charge in [-0.2, -0.15) is 5.10 Å². The molecule has 1 amide bonds. The van der Waals surface area contributed by atoms with Crippen LogP contribution < -0.4 is 0 Å². The second kappa shape index (κ2) is 5.79. The van der Waals surface area contributed by atoms with Gasteiger partial charge in [-0.1, -0.05) is 12.1 Å². The zero-order valence-corrected chi connectivity index (χ0v) is 13.7. The molecule has 0 saturated carbocycles. The molecule has 0 radical (unpaired) electrons. The molecule has 1 aliphatic heterocycles. The van der Waals surface area contributed by atoms with Gasteiger partial charge >= 0.3 is 0 Å². The first-order valence-electron chi connectivity index (χ1n) is 7.61. The highest BCUT2D eigenvalue weighted by Gasteiger charge is 2.21. The maximum atomic E-state index is 12.7. The fourth-order valence-corrected chi connectivity index (χ4v) is 3.96. The monoisotopic (exact) mass is 327 g/mol. The summed E-state index contributed by atoms with van der Waals surface area (Å²) in [5, 5.41) is 5.36. The molecule has 0 unspecified atom stereocenters. The van der Waals surface area contributed by atoms with Crippen LogP contribution in [0.5, 0.6) is 0 Å². The van der Waals surface area contributed by atoms with Gasteiger partial charge in [0.15, 0.2) is 0 Å². The van der Waals surface area contributed by atoms with Gasteiger partial charge in [0.2, 0.25) is 0 Å². The van der Waals surface area contributed by atoms with Crippen LogP contribution in [0.3, 0.4) is 0 Å².